The SMILES string of the molecule is COCCNC(=O)Cn1cc(C(=O)OC)cc([N+](=O)[O-])c1=O. The van der Waals surface area contributed by atoms with Gasteiger partial charge in [0, 0.05) is 25.9 Å². The summed E-state index contributed by atoms with van der Waals surface area (Å²) in [6, 6.07) is 0.813. The summed E-state index contributed by atoms with van der Waals surface area (Å²) in [4.78, 5) is 45.0. The van der Waals surface area contributed by atoms with E-state index in [2.05, 4.69) is 10.1 Å². The number of hydrogen-bond acceptors (Lipinski definition) is 7. The molecule has 22 heavy (non-hydrogen) atoms. The van der Waals surface area contributed by atoms with Crippen LogP contribution in [0.3, 0.4) is 0 Å². The van der Waals surface area contributed by atoms with Gasteiger partial charge in [-0.1, -0.05) is 0 Å². The second kappa shape index (κ2) is 7.88. The number of esters is 1. The van der Waals surface area contributed by atoms with Crippen LogP contribution in [0.25, 0.3) is 0 Å². The van der Waals surface area contributed by atoms with Crippen molar-refractivity contribution >= 4 is 17.6 Å². The molecular weight excluding hydrogens is 298 g/mol. The van der Waals surface area contributed by atoms with Crippen molar-refractivity contribution in [2.75, 3.05) is 27.4 Å². The van der Waals surface area contributed by atoms with Crippen molar-refractivity contribution in [3.05, 3.63) is 38.3 Å². The van der Waals surface area contributed by atoms with E-state index >= 15 is 0 Å². The summed E-state index contributed by atoms with van der Waals surface area (Å²) in [5.41, 5.74) is -1.99. The second-order valence-corrected chi connectivity index (χ2v) is 4.14. The van der Waals surface area contributed by atoms with Crippen molar-refractivity contribution in [3.8, 4) is 0 Å². The Hall–Kier alpha value is -2.75. The molecule has 0 unspecified atom stereocenters. The summed E-state index contributed by atoms with van der Waals surface area (Å²) >= 11 is 0. The van der Waals surface area contributed by atoms with E-state index in [1.54, 1.807) is 0 Å². The fourth-order valence-electron chi connectivity index (χ4n) is 1.60. The van der Waals surface area contributed by atoms with Crippen LogP contribution in [0.15, 0.2) is 17.1 Å². The maximum atomic E-state index is 11.9. The molecule has 0 aromatic carbocycles. The van der Waals surface area contributed by atoms with Gasteiger partial charge in [-0.2, -0.15) is 0 Å². The van der Waals surface area contributed by atoms with Crippen LogP contribution < -0.4 is 10.9 Å². The van der Waals surface area contributed by atoms with E-state index in [4.69, 9.17) is 4.74 Å². The lowest BCUT2D eigenvalue weighted by Crippen LogP contribution is -2.34. The summed E-state index contributed by atoms with van der Waals surface area (Å²) in [5, 5.41) is 13.3. The van der Waals surface area contributed by atoms with Gasteiger partial charge in [0.05, 0.1) is 24.2 Å². The highest BCUT2D eigenvalue weighted by Gasteiger charge is 2.21. The van der Waals surface area contributed by atoms with Crippen molar-refractivity contribution in [2.24, 2.45) is 0 Å². The highest BCUT2D eigenvalue weighted by molar-refractivity contribution is 5.89. The number of methoxy groups -OCH3 is 2. The van der Waals surface area contributed by atoms with Crippen LogP contribution in [0.1, 0.15) is 10.4 Å². The van der Waals surface area contributed by atoms with Gasteiger partial charge in [-0.15, -0.1) is 0 Å². The molecule has 1 aromatic rings. The van der Waals surface area contributed by atoms with Crippen LogP contribution in [-0.4, -0.2) is 48.7 Å². The van der Waals surface area contributed by atoms with E-state index in [1.165, 1.54) is 7.11 Å². The first-order valence-corrected chi connectivity index (χ1v) is 6.13. The molecule has 1 N–H and O–H groups in total. The van der Waals surface area contributed by atoms with Gasteiger partial charge in [0.15, 0.2) is 0 Å². The van der Waals surface area contributed by atoms with Gasteiger partial charge in [-0.3, -0.25) is 24.3 Å². The predicted molar refractivity (Wildman–Crippen MR) is 73.6 cm³/mol. The van der Waals surface area contributed by atoms with E-state index in [-0.39, 0.29) is 18.7 Å². The van der Waals surface area contributed by atoms with E-state index in [9.17, 15) is 24.5 Å². The number of ether oxygens (including phenoxy) is 2. The molecule has 1 amide bonds. The Morgan fingerprint density at radius 2 is 2.09 bits per heavy atom. The molecule has 1 aromatic heterocycles. The Labute approximate surface area is 124 Å². The molecule has 10 heteroatoms. The number of carbonyl (C=O) groups excluding carboxylic acids is 2. The summed E-state index contributed by atoms with van der Waals surface area (Å²) in [6.07, 6.45) is 1.04. The Morgan fingerprint density at radius 3 is 2.64 bits per heavy atom. The number of nitrogens with one attached hydrogen (secondary N) is 1. The fourth-order valence-corrected chi connectivity index (χ4v) is 1.60. The van der Waals surface area contributed by atoms with Gasteiger partial charge in [-0.05, 0) is 0 Å². The Kier molecular flexibility index (Phi) is 6.20. The average Bonchev–Trinajstić information content (AvgIpc) is 2.48. The van der Waals surface area contributed by atoms with Gasteiger partial charge < -0.3 is 14.8 Å². The third-order valence-electron chi connectivity index (χ3n) is 2.63. The first-order valence-electron chi connectivity index (χ1n) is 6.13. The molecular formula is C12H15N3O7. The van der Waals surface area contributed by atoms with Crippen LogP contribution in [0.4, 0.5) is 5.69 Å². The quantitative estimate of drug-likeness (QED) is 0.305. The Bertz CT molecular complexity index is 638. The number of nitro groups is 1. The maximum Gasteiger partial charge on any atom is 0.339 e. The smallest absolute Gasteiger partial charge is 0.339 e. The van der Waals surface area contributed by atoms with E-state index < -0.39 is 34.6 Å². The van der Waals surface area contributed by atoms with Gasteiger partial charge in [-0.25, -0.2) is 4.79 Å². The third kappa shape index (κ3) is 4.38. The molecule has 1 heterocycles. The van der Waals surface area contributed by atoms with Gasteiger partial charge in [0.1, 0.15) is 6.54 Å². The zero-order valence-electron chi connectivity index (χ0n) is 12.0. The number of rotatable bonds is 7. The van der Waals surface area contributed by atoms with Gasteiger partial charge in [0.25, 0.3) is 0 Å². The van der Waals surface area contributed by atoms with Crippen molar-refractivity contribution in [2.45, 2.75) is 6.54 Å². The minimum atomic E-state index is -0.987. The number of aromatic nitrogens is 1. The molecule has 0 aliphatic carbocycles. The maximum absolute atomic E-state index is 11.9. The van der Waals surface area contributed by atoms with Crippen LogP contribution >= 0.6 is 0 Å². The molecule has 0 saturated heterocycles. The summed E-state index contributed by atoms with van der Waals surface area (Å²) in [7, 11) is 2.56. The lowest BCUT2D eigenvalue weighted by molar-refractivity contribution is -0.386. The molecule has 0 aliphatic heterocycles. The topological polar surface area (TPSA) is 130 Å². The van der Waals surface area contributed by atoms with Crippen molar-refractivity contribution in [3.63, 3.8) is 0 Å². The lowest BCUT2D eigenvalue weighted by Gasteiger charge is -2.08. The van der Waals surface area contributed by atoms with E-state index in [0.717, 1.165) is 23.9 Å². The Balaban J connectivity index is 3.09. The molecule has 0 aliphatic rings. The molecule has 1 rings (SSSR count). The van der Waals surface area contributed by atoms with Gasteiger partial charge >= 0.3 is 17.2 Å². The third-order valence-corrected chi connectivity index (χ3v) is 2.63. The zero-order chi connectivity index (χ0) is 16.7. The molecule has 0 spiro atoms. The number of carbonyl (C=O) groups is 2. The van der Waals surface area contributed by atoms with Crippen LogP contribution in [0, 0.1) is 10.1 Å². The van der Waals surface area contributed by atoms with Crippen molar-refractivity contribution < 1.29 is 24.0 Å². The molecule has 0 saturated carbocycles. The average molecular weight is 313 g/mol. The van der Waals surface area contributed by atoms with Crippen molar-refractivity contribution in [1.29, 1.82) is 0 Å². The lowest BCUT2D eigenvalue weighted by atomic mass is 10.2. The van der Waals surface area contributed by atoms with Crippen molar-refractivity contribution in [1.82, 2.24) is 9.88 Å². The summed E-state index contributed by atoms with van der Waals surface area (Å²) < 4.78 is 9.99. The predicted octanol–water partition coefficient (Wildman–Crippen LogP) is -0.694. The molecule has 120 valence electrons. The van der Waals surface area contributed by atoms with E-state index in [1.807, 2.05) is 0 Å². The Morgan fingerprint density at radius 1 is 1.41 bits per heavy atom. The normalized spacial score (nSPS) is 10.1. The molecule has 0 fully saturated rings. The first kappa shape index (κ1) is 17.3. The van der Waals surface area contributed by atoms with Crippen LogP contribution in [0.2, 0.25) is 0 Å². The van der Waals surface area contributed by atoms with E-state index in [0.29, 0.717) is 0 Å². The minimum Gasteiger partial charge on any atom is -0.465 e. The highest BCUT2D eigenvalue weighted by atomic mass is 16.6. The largest absolute Gasteiger partial charge is 0.465 e. The monoisotopic (exact) mass is 313 g/mol. The van der Waals surface area contributed by atoms with Gasteiger partial charge in [0.2, 0.25) is 5.91 Å². The summed E-state index contributed by atoms with van der Waals surface area (Å²) in [5.74, 6) is -1.40. The fraction of sp³-hybridized carbons (Fsp3) is 0.417. The van der Waals surface area contributed by atoms with Crippen LogP contribution in [-0.2, 0) is 20.8 Å². The number of hydrogen-bond donors (Lipinski definition) is 1. The second-order valence-electron chi connectivity index (χ2n) is 4.14. The zero-order valence-corrected chi connectivity index (χ0v) is 12.0. The standard InChI is InChI=1S/C12H15N3O7/c1-21-4-3-13-10(16)7-14-6-8(12(18)22-2)5-9(11(14)17)15(19)20/h5-6H,3-4,7H2,1-2H3,(H,13,16). The number of nitrogens with zero attached hydrogens (tertiary/aromatic N) is 2. The molecule has 0 atom stereocenters. The first-order chi connectivity index (χ1) is 10.4. The molecule has 0 bridgehead atoms. The molecule has 0 radical (unpaired) electrons. The highest BCUT2D eigenvalue weighted by Crippen LogP contribution is 2.09. The minimum absolute atomic E-state index is 0.196. The van der Waals surface area contributed by atoms with Crippen LogP contribution in [0.5, 0.6) is 0 Å². The summed E-state index contributed by atoms with van der Waals surface area (Å²) in [6.45, 7) is 0.0417. The number of amides is 1. The molecule has 10 nitrogen and oxygen atoms in total. The number of pyridine rings is 1.